The van der Waals surface area contributed by atoms with Crippen LogP contribution in [0.3, 0.4) is 0 Å². The van der Waals surface area contributed by atoms with E-state index in [1.165, 1.54) is 11.3 Å². The third kappa shape index (κ3) is 3.24. The highest BCUT2D eigenvalue weighted by molar-refractivity contribution is 7.93. The quantitative estimate of drug-likeness (QED) is 0.646. The SMILES string of the molecule is O=C(NC1(c2csc(NS(=O)(=O)C3CC3)n2)CC1)c1ccc2ncccc2c1. The van der Waals surface area contributed by atoms with Crippen LogP contribution < -0.4 is 10.0 Å². The van der Waals surface area contributed by atoms with E-state index < -0.39 is 15.6 Å². The number of thiazole rings is 1. The number of sulfonamides is 1. The minimum atomic E-state index is -3.33. The largest absolute Gasteiger partial charge is 0.341 e. The number of nitrogens with zero attached hydrogens (tertiary/aromatic N) is 2. The molecule has 144 valence electrons. The maximum absolute atomic E-state index is 12.8. The van der Waals surface area contributed by atoms with E-state index in [-0.39, 0.29) is 11.2 Å². The van der Waals surface area contributed by atoms with Gasteiger partial charge in [0.25, 0.3) is 5.91 Å². The van der Waals surface area contributed by atoms with E-state index in [9.17, 15) is 13.2 Å². The third-order valence-electron chi connectivity index (χ3n) is 5.16. The molecule has 1 amide bonds. The molecule has 1 aromatic carbocycles. The van der Waals surface area contributed by atoms with Crippen LogP contribution in [0.2, 0.25) is 0 Å². The van der Waals surface area contributed by atoms with E-state index in [0.717, 1.165) is 23.7 Å². The molecule has 2 saturated carbocycles. The second-order valence-electron chi connectivity index (χ2n) is 7.33. The van der Waals surface area contributed by atoms with E-state index in [1.807, 2.05) is 29.6 Å². The zero-order chi connectivity index (χ0) is 19.4. The van der Waals surface area contributed by atoms with Gasteiger partial charge in [-0.05, 0) is 49.9 Å². The zero-order valence-electron chi connectivity index (χ0n) is 14.9. The topological polar surface area (TPSA) is 101 Å². The molecular formula is C19H18N4O3S2. The lowest BCUT2D eigenvalue weighted by atomic mass is 10.1. The van der Waals surface area contributed by atoms with Crippen molar-refractivity contribution < 1.29 is 13.2 Å². The Morgan fingerprint density at radius 3 is 2.79 bits per heavy atom. The van der Waals surface area contributed by atoms with Crippen molar-refractivity contribution in [2.75, 3.05) is 4.72 Å². The number of rotatable bonds is 6. The Morgan fingerprint density at radius 1 is 1.21 bits per heavy atom. The highest BCUT2D eigenvalue weighted by atomic mass is 32.2. The fourth-order valence-electron chi connectivity index (χ4n) is 3.20. The Labute approximate surface area is 166 Å². The Hall–Kier alpha value is -2.52. The lowest BCUT2D eigenvalue weighted by Crippen LogP contribution is -2.35. The maximum atomic E-state index is 12.8. The molecule has 0 unspecified atom stereocenters. The first-order valence-electron chi connectivity index (χ1n) is 9.10. The molecule has 7 nitrogen and oxygen atoms in total. The molecule has 28 heavy (non-hydrogen) atoms. The molecule has 2 fully saturated rings. The summed E-state index contributed by atoms with van der Waals surface area (Å²) in [6.07, 6.45) is 4.70. The first-order valence-corrected chi connectivity index (χ1v) is 11.5. The summed E-state index contributed by atoms with van der Waals surface area (Å²) in [5, 5.41) is 5.88. The number of pyridine rings is 1. The monoisotopic (exact) mass is 414 g/mol. The molecule has 9 heteroatoms. The van der Waals surface area contributed by atoms with Crippen molar-refractivity contribution in [3.05, 3.63) is 53.2 Å². The number of aromatic nitrogens is 2. The number of carbonyl (C=O) groups is 1. The molecule has 0 atom stereocenters. The predicted molar refractivity (Wildman–Crippen MR) is 108 cm³/mol. The lowest BCUT2D eigenvalue weighted by molar-refractivity contribution is 0.0930. The Balaban J connectivity index is 1.34. The maximum Gasteiger partial charge on any atom is 0.252 e. The molecule has 2 N–H and O–H groups in total. The fraction of sp³-hybridized carbons (Fsp3) is 0.316. The van der Waals surface area contributed by atoms with Crippen LogP contribution in [0, 0.1) is 0 Å². The van der Waals surface area contributed by atoms with E-state index in [1.54, 1.807) is 12.3 Å². The first-order chi connectivity index (χ1) is 13.5. The summed E-state index contributed by atoms with van der Waals surface area (Å²) in [5.74, 6) is -0.170. The van der Waals surface area contributed by atoms with Gasteiger partial charge >= 0.3 is 0 Å². The zero-order valence-corrected chi connectivity index (χ0v) is 16.5. The number of hydrogen-bond donors (Lipinski definition) is 2. The third-order valence-corrected chi connectivity index (χ3v) is 7.87. The fourth-order valence-corrected chi connectivity index (χ4v) is 5.61. The predicted octanol–water partition coefficient (Wildman–Crippen LogP) is 3.01. The second-order valence-corrected chi connectivity index (χ2v) is 10.2. The van der Waals surface area contributed by atoms with Gasteiger partial charge in [0.15, 0.2) is 5.13 Å². The molecule has 2 aliphatic rings. The van der Waals surface area contributed by atoms with Crippen molar-refractivity contribution in [3.63, 3.8) is 0 Å². The van der Waals surface area contributed by atoms with Crippen LogP contribution in [0.4, 0.5) is 5.13 Å². The van der Waals surface area contributed by atoms with Gasteiger partial charge in [-0.1, -0.05) is 6.07 Å². The Morgan fingerprint density at radius 2 is 2.04 bits per heavy atom. The Bertz CT molecular complexity index is 1180. The van der Waals surface area contributed by atoms with Crippen LogP contribution in [0.1, 0.15) is 41.7 Å². The van der Waals surface area contributed by atoms with Gasteiger partial charge in [-0.25, -0.2) is 13.4 Å². The summed E-state index contributed by atoms with van der Waals surface area (Å²) < 4.78 is 26.7. The number of nitrogens with one attached hydrogen (secondary N) is 2. The molecule has 3 aromatic rings. The van der Waals surface area contributed by atoms with Crippen molar-refractivity contribution >= 4 is 43.3 Å². The summed E-state index contributed by atoms with van der Waals surface area (Å²) >= 11 is 1.25. The van der Waals surface area contributed by atoms with Crippen LogP contribution in [-0.4, -0.2) is 29.5 Å². The van der Waals surface area contributed by atoms with E-state index in [0.29, 0.717) is 29.2 Å². The van der Waals surface area contributed by atoms with Crippen LogP contribution in [0.15, 0.2) is 41.9 Å². The molecule has 0 spiro atoms. The summed E-state index contributed by atoms with van der Waals surface area (Å²) in [7, 11) is -3.33. The highest BCUT2D eigenvalue weighted by Crippen LogP contribution is 2.46. The van der Waals surface area contributed by atoms with Gasteiger partial charge in [0, 0.05) is 22.5 Å². The van der Waals surface area contributed by atoms with Crippen molar-refractivity contribution in [2.45, 2.75) is 36.5 Å². The van der Waals surface area contributed by atoms with E-state index in [2.05, 4.69) is 20.0 Å². The molecule has 0 bridgehead atoms. The van der Waals surface area contributed by atoms with Crippen LogP contribution in [0.25, 0.3) is 10.9 Å². The summed E-state index contributed by atoms with van der Waals surface area (Å²) in [4.78, 5) is 21.5. The number of benzene rings is 1. The van der Waals surface area contributed by atoms with Gasteiger partial charge in [0.2, 0.25) is 10.0 Å². The minimum Gasteiger partial charge on any atom is -0.341 e. The molecule has 2 aromatic heterocycles. The number of fused-ring (bicyclic) bond motifs is 1. The molecule has 5 rings (SSSR count). The highest BCUT2D eigenvalue weighted by Gasteiger charge is 2.48. The lowest BCUT2D eigenvalue weighted by Gasteiger charge is -2.15. The summed E-state index contributed by atoms with van der Waals surface area (Å²) in [6.45, 7) is 0. The average Bonchev–Trinajstić information content (AvgIpc) is 3.61. The van der Waals surface area contributed by atoms with Gasteiger partial charge in [-0.15, -0.1) is 11.3 Å². The second kappa shape index (κ2) is 6.25. The molecule has 2 aliphatic carbocycles. The van der Waals surface area contributed by atoms with Gasteiger partial charge in [-0.3, -0.25) is 14.5 Å². The number of hydrogen-bond acceptors (Lipinski definition) is 6. The first kappa shape index (κ1) is 17.6. The van der Waals surface area contributed by atoms with Crippen molar-refractivity contribution in [2.24, 2.45) is 0 Å². The smallest absolute Gasteiger partial charge is 0.252 e. The number of anilines is 1. The van der Waals surface area contributed by atoms with Crippen molar-refractivity contribution in [3.8, 4) is 0 Å². The summed E-state index contributed by atoms with van der Waals surface area (Å²) in [5.41, 5.74) is 1.60. The van der Waals surface area contributed by atoms with Crippen LogP contribution in [0.5, 0.6) is 0 Å². The van der Waals surface area contributed by atoms with E-state index in [4.69, 9.17) is 0 Å². The minimum absolute atomic E-state index is 0.170. The van der Waals surface area contributed by atoms with Gasteiger partial charge in [-0.2, -0.15) is 0 Å². The molecule has 0 aliphatic heterocycles. The molecule has 0 radical (unpaired) electrons. The number of carbonyl (C=O) groups excluding carboxylic acids is 1. The average molecular weight is 415 g/mol. The number of amides is 1. The Kier molecular flexibility index (Phi) is 3.92. The normalized spacial score (nSPS) is 18.0. The standard InChI is InChI=1S/C19H18N4O3S2/c24-17(13-3-6-15-12(10-13)2-1-9-20-15)22-19(7-8-19)16-11-27-18(21-16)23-28(25,26)14-4-5-14/h1-3,6,9-11,14H,4-5,7-8H2,(H,21,23)(H,22,24). The van der Waals surface area contributed by atoms with Crippen molar-refractivity contribution in [1.82, 2.24) is 15.3 Å². The van der Waals surface area contributed by atoms with Crippen LogP contribution >= 0.6 is 11.3 Å². The van der Waals surface area contributed by atoms with Crippen molar-refractivity contribution in [1.29, 1.82) is 0 Å². The van der Waals surface area contributed by atoms with Gasteiger partial charge in [0.1, 0.15) is 0 Å². The van der Waals surface area contributed by atoms with Gasteiger partial charge in [0.05, 0.1) is 22.0 Å². The van der Waals surface area contributed by atoms with Crippen LogP contribution in [-0.2, 0) is 15.6 Å². The summed E-state index contributed by atoms with van der Waals surface area (Å²) in [6, 6.07) is 9.18. The molecular weight excluding hydrogens is 396 g/mol. The van der Waals surface area contributed by atoms with Gasteiger partial charge < -0.3 is 5.32 Å². The molecule has 2 heterocycles. The molecule has 0 saturated heterocycles. The van der Waals surface area contributed by atoms with E-state index >= 15 is 0 Å².